The van der Waals surface area contributed by atoms with Crippen molar-refractivity contribution in [1.82, 2.24) is 9.38 Å². The summed E-state index contributed by atoms with van der Waals surface area (Å²) in [5.41, 5.74) is 8.39. The Morgan fingerprint density at radius 3 is 2.65 bits per heavy atom. The van der Waals surface area contributed by atoms with Gasteiger partial charge in [-0.05, 0) is 17.7 Å². The van der Waals surface area contributed by atoms with Gasteiger partial charge in [0, 0.05) is 12.6 Å². The molecule has 0 amide bonds. The van der Waals surface area contributed by atoms with Crippen molar-refractivity contribution in [3.05, 3.63) is 71.4 Å². The third kappa shape index (κ3) is 2.16. The van der Waals surface area contributed by atoms with E-state index in [0.29, 0.717) is 17.8 Å². The van der Waals surface area contributed by atoms with E-state index in [1.54, 1.807) is 16.7 Å². The van der Waals surface area contributed by atoms with E-state index in [2.05, 4.69) is 4.98 Å². The van der Waals surface area contributed by atoms with Crippen molar-refractivity contribution in [3.63, 3.8) is 0 Å². The van der Waals surface area contributed by atoms with E-state index < -0.39 is 0 Å². The highest BCUT2D eigenvalue weighted by atomic mass is 32.1. The fraction of sp³-hybridized carbons (Fsp3) is 0.0667. The molecule has 0 aliphatic rings. The zero-order valence-corrected chi connectivity index (χ0v) is 11.4. The molecular weight excluding hydrogens is 273 g/mol. The first-order valence-corrected chi connectivity index (χ1v) is 6.57. The molecule has 100 valence electrons. The van der Waals surface area contributed by atoms with E-state index >= 15 is 0 Å². The van der Waals surface area contributed by atoms with Crippen LogP contribution in [-0.4, -0.2) is 14.4 Å². The number of nitrogens with zero attached hydrogens (tertiary/aromatic N) is 2. The molecule has 3 aromatic rings. The maximum absolute atomic E-state index is 13.8. The van der Waals surface area contributed by atoms with E-state index in [1.807, 2.05) is 30.3 Å². The van der Waals surface area contributed by atoms with Crippen molar-refractivity contribution in [3.8, 4) is 0 Å². The van der Waals surface area contributed by atoms with E-state index in [-0.39, 0.29) is 16.5 Å². The summed E-state index contributed by atoms with van der Waals surface area (Å²) >= 11 is 5.08. The summed E-state index contributed by atoms with van der Waals surface area (Å²) in [5, 5.41) is 0. The van der Waals surface area contributed by atoms with Crippen LogP contribution >= 0.6 is 12.2 Å². The van der Waals surface area contributed by atoms with Crippen LogP contribution in [0.4, 0.5) is 4.39 Å². The minimum absolute atomic E-state index is 0.217. The average Bonchev–Trinajstić information content (AvgIpc) is 2.79. The summed E-state index contributed by atoms with van der Waals surface area (Å²) in [7, 11) is 0. The van der Waals surface area contributed by atoms with Gasteiger partial charge in [-0.25, -0.2) is 9.37 Å². The Bertz CT molecular complexity index is 780. The molecule has 2 N–H and O–H groups in total. The second-order valence-corrected chi connectivity index (χ2v) is 4.92. The number of nitrogens with two attached hydrogens (primary N) is 1. The second kappa shape index (κ2) is 5.02. The van der Waals surface area contributed by atoms with Gasteiger partial charge in [-0.1, -0.05) is 42.5 Å². The number of halogens is 1. The maximum atomic E-state index is 13.8. The minimum Gasteiger partial charge on any atom is -0.388 e. The predicted molar refractivity (Wildman–Crippen MR) is 80.3 cm³/mol. The molecule has 1 aromatic carbocycles. The fourth-order valence-corrected chi connectivity index (χ4v) is 2.47. The number of thiocarbonyl (C=S) groups is 1. The summed E-state index contributed by atoms with van der Waals surface area (Å²) < 4.78 is 15.4. The molecule has 2 heterocycles. The highest BCUT2D eigenvalue weighted by Gasteiger charge is 2.16. The average molecular weight is 285 g/mol. The predicted octanol–water partition coefficient (Wildman–Crippen LogP) is 2.70. The monoisotopic (exact) mass is 285 g/mol. The minimum atomic E-state index is -0.385. The third-order valence-corrected chi connectivity index (χ3v) is 3.32. The van der Waals surface area contributed by atoms with Gasteiger partial charge in [0.2, 0.25) is 0 Å². The van der Waals surface area contributed by atoms with Crippen LogP contribution in [0.3, 0.4) is 0 Å². The van der Waals surface area contributed by atoms with Crippen LogP contribution in [-0.2, 0) is 6.42 Å². The normalized spacial score (nSPS) is 10.8. The molecule has 0 atom stereocenters. The summed E-state index contributed by atoms with van der Waals surface area (Å²) in [4.78, 5) is 4.57. The Morgan fingerprint density at radius 1 is 1.20 bits per heavy atom. The van der Waals surface area contributed by atoms with Crippen LogP contribution in [0.15, 0.2) is 48.7 Å². The zero-order valence-electron chi connectivity index (χ0n) is 10.6. The molecule has 0 unspecified atom stereocenters. The molecular formula is C15H12FN3S. The summed E-state index contributed by atoms with van der Waals surface area (Å²) in [6.45, 7) is 0. The molecule has 0 radical (unpaired) electrons. The number of benzene rings is 1. The van der Waals surface area contributed by atoms with Gasteiger partial charge >= 0.3 is 0 Å². The van der Waals surface area contributed by atoms with Gasteiger partial charge in [-0.15, -0.1) is 0 Å². The molecule has 3 rings (SSSR count). The summed E-state index contributed by atoms with van der Waals surface area (Å²) in [5.74, 6) is -0.385. The molecule has 20 heavy (non-hydrogen) atoms. The number of aromatic nitrogens is 2. The van der Waals surface area contributed by atoms with Crippen LogP contribution in [0.25, 0.3) is 5.65 Å². The van der Waals surface area contributed by atoms with E-state index in [1.165, 1.54) is 6.07 Å². The van der Waals surface area contributed by atoms with Gasteiger partial charge in [-0.2, -0.15) is 0 Å². The quantitative estimate of drug-likeness (QED) is 0.752. The van der Waals surface area contributed by atoms with Crippen LogP contribution in [0, 0.1) is 5.82 Å². The van der Waals surface area contributed by atoms with Crippen LogP contribution < -0.4 is 5.73 Å². The Labute approximate surface area is 120 Å². The number of pyridine rings is 1. The SMILES string of the molecule is NC(=S)c1c(Cc2ccccc2)nc2c(F)cccn12. The van der Waals surface area contributed by atoms with Crippen LogP contribution in [0.2, 0.25) is 0 Å². The molecule has 0 saturated heterocycles. The molecule has 0 aliphatic carbocycles. The molecule has 0 aliphatic heterocycles. The van der Waals surface area contributed by atoms with Crippen molar-refractivity contribution in [2.24, 2.45) is 5.73 Å². The number of imidazole rings is 1. The largest absolute Gasteiger partial charge is 0.388 e. The molecule has 5 heteroatoms. The third-order valence-electron chi connectivity index (χ3n) is 3.12. The first-order chi connectivity index (χ1) is 9.66. The molecule has 0 saturated carbocycles. The maximum Gasteiger partial charge on any atom is 0.174 e. The summed E-state index contributed by atoms with van der Waals surface area (Å²) in [6, 6.07) is 12.8. The number of rotatable bonds is 3. The molecule has 2 aromatic heterocycles. The molecule has 0 spiro atoms. The fourth-order valence-electron chi connectivity index (χ4n) is 2.25. The smallest absolute Gasteiger partial charge is 0.174 e. The van der Waals surface area contributed by atoms with Gasteiger partial charge in [-0.3, -0.25) is 4.40 Å². The van der Waals surface area contributed by atoms with Crippen LogP contribution in [0.1, 0.15) is 17.0 Å². The highest BCUT2D eigenvalue weighted by Crippen LogP contribution is 2.18. The van der Waals surface area contributed by atoms with Crippen molar-refractivity contribution in [2.75, 3.05) is 0 Å². The first-order valence-electron chi connectivity index (χ1n) is 6.16. The standard InChI is InChI=1S/C15H12FN3S/c16-11-7-4-8-19-13(14(17)20)12(18-15(11)19)9-10-5-2-1-3-6-10/h1-8H,9H2,(H2,17,20). The van der Waals surface area contributed by atoms with Gasteiger partial charge < -0.3 is 5.73 Å². The molecule has 3 nitrogen and oxygen atoms in total. The van der Waals surface area contributed by atoms with Gasteiger partial charge in [0.05, 0.1) is 5.69 Å². The molecule has 0 fully saturated rings. The lowest BCUT2D eigenvalue weighted by atomic mass is 10.1. The van der Waals surface area contributed by atoms with E-state index in [0.717, 1.165) is 5.56 Å². The Morgan fingerprint density at radius 2 is 1.95 bits per heavy atom. The highest BCUT2D eigenvalue weighted by molar-refractivity contribution is 7.80. The van der Waals surface area contributed by atoms with Crippen molar-refractivity contribution in [1.29, 1.82) is 0 Å². The zero-order chi connectivity index (χ0) is 14.1. The topological polar surface area (TPSA) is 43.3 Å². The second-order valence-electron chi connectivity index (χ2n) is 4.48. The lowest BCUT2D eigenvalue weighted by Crippen LogP contribution is -2.15. The van der Waals surface area contributed by atoms with Gasteiger partial charge in [0.15, 0.2) is 11.5 Å². The first kappa shape index (κ1) is 12.7. The van der Waals surface area contributed by atoms with Gasteiger partial charge in [0.25, 0.3) is 0 Å². The lowest BCUT2D eigenvalue weighted by molar-refractivity contribution is 0.629. The van der Waals surface area contributed by atoms with Crippen LogP contribution in [0.5, 0.6) is 0 Å². The number of hydrogen-bond donors (Lipinski definition) is 1. The van der Waals surface area contributed by atoms with E-state index in [9.17, 15) is 4.39 Å². The Balaban J connectivity index is 2.17. The molecule has 0 bridgehead atoms. The van der Waals surface area contributed by atoms with Crippen molar-refractivity contribution >= 4 is 22.9 Å². The summed E-state index contributed by atoms with van der Waals surface area (Å²) in [6.07, 6.45) is 2.28. The Kier molecular flexibility index (Phi) is 3.20. The van der Waals surface area contributed by atoms with Crippen molar-refractivity contribution in [2.45, 2.75) is 6.42 Å². The van der Waals surface area contributed by atoms with Gasteiger partial charge in [0.1, 0.15) is 10.7 Å². The lowest BCUT2D eigenvalue weighted by Gasteiger charge is -2.03. The number of fused-ring (bicyclic) bond motifs is 1. The number of hydrogen-bond acceptors (Lipinski definition) is 2. The van der Waals surface area contributed by atoms with E-state index in [4.69, 9.17) is 18.0 Å². The Hall–Kier alpha value is -2.27. The van der Waals surface area contributed by atoms with Crippen molar-refractivity contribution < 1.29 is 4.39 Å².